The summed E-state index contributed by atoms with van der Waals surface area (Å²) < 4.78 is 23.9. The molecule has 102 valence electrons. The summed E-state index contributed by atoms with van der Waals surface area (Å²) in [5.41, 5.74) is 0. The zero-order valence-electron chi connectivity index (χ0n) is 10.8. The van der Waals surface area contributed by atoms with Crippen molar-refractivity contribution in [2.75, 3.05) is 5.32 Å². The zero-order chi connectivity index (χ0) is 14.1. The van der Waals surface area contributed by atoms with Gasteiger partial charge in [-0.3, -0.25) is 9.48 Å². The molecule has 7 nitrogen and oxygen atoms in total. The minimum atomic E-state index is -3.90. The fraction of sp³-hybridized carbons (Fsp3) is 0.600. The first-order valence-electron chi connectivity index (χ1n) is 5.50. The molecular weight excluding hydrogens is 256 g/mol. The van der Waals surface area contributed by atoms with E-state index in [1.54, 1.807) is 14.0 Å². The lowest BCUT2D eigenvalue weighted by Crippen LogP contribution is -2.25. The number of nitrogens with two attached hydrogens (primary N) is 1. The molecule has 0 saturated carbocycles. The SMILES string of the molecule is CC(C)C(C)C(=O)Nc1nn(C)cc1S(N)(=O)=O. The molecule has 0 aliphatic carbocycles. The molecule has 0 saturated heterocycles. The summed E-state index contributed by atoms with van der Waals surface area (Å²) in [4.78, 5) is 11.7. The number of sulfonamides is 1. The summed E-state index contributed by atoms with van der Waals surface area (Å²) in [6.45, 7) is 5.58. The smallest absolute Gasteiger partial charge is 0.243 e. The molecule has 3 N–H and O–H groups in total. The van der Waals surface area contributed by atoms with Gasteiger partial charge in [0.05, 0.1) is 0 Å². The summed E-state index contributed by atoms with van der Waals surface area (Å²) in [6, 6.07) is 0. The highest BCUT2D eigenvalue weighted by Gasteiger charge is 2.23. The number of hydrogen-bond acceptors (Lipinski definition) is 4. The Morgan fingerprint density at radius 3 is 2.44 bits per heavy atom. The van der Waals surface area contributed by atoms with Crippen molar-refractivity contribution in [2.45, 2.75) is 25.7 Å². The van der Waals surface area contributed by atoms with Crippen LogP contribution in [0.4, 0.5) is 5.82 Å². The van der Waals surface area contributed by atoms with E-state index in [4.69, 9.17) is 5.14 Å². The second kappa shape index (κ2) is 5.07. The van der Waals surface area contributed by atoms with E-state index in [-0.39, 0.29) is 28.5 Å². The van der Waals surface area contributed by atoms with E-state index in [1.807, 2.05) is 13.8 Å². The highest BCUT2D eigenvalue weighted by Crippen LogP contribution is 2.19. The molecule has 0 spiro atoms. The van der Waals surface area contributed by atoms with E-state index >= 15 is 0 Å². The summed E-state index contributed by atoms with van der Waals surface area (Å²) in [6.07, 6.45) is 1.25. The molecule has 0 radical (unpaired) electrons. The molecular formula is C10H18N4O3S. The maximum atomic E-state index is 11.8. The van der Waals surface area contributed by atoms with Crippen LogP contribution in [0.5, 0.6) is 0 Å². The van der Waals surface area contributed by atoms with Gasteiger partial charge in [0.15, 0.2) is 5.82 Å². The molecule has 1 heterocycles. The Kier molecular flexibility index (Phi) is 4.12. The number of nitrogens with zero attached hydrogens (tertiary/aromatic N) is 2. The number of carbonyl (C=O) groups excluding carboxylic acids is 1. The Hall–Kier alpha value is -1.41. The van der Waals surface area contributed by atoms with Crippen molar-refractivity contribution in [1.82, 2.24) is 9.78 Å². The van der Waals surface area contributed by atoms with Crippen LogP contribution in [-0.4, -0.2) is 24.1 Å². The molecule has 0 fully saturated rings. The van der Waals surface area contributed by atoms with Crippen LogP contribution in [-0.2, 0) is 21.9 Å². The van der Waals surface area contributed by atoms with E-state index in [9.17, 15) is 13.2 Å². The molecule has 1 atom stereocenters. The van der Waals surface area contributed by atoms with Gasteiger partial charge in [0, 0.05) is 19.2 Å². The van der Waals surface area contributed by atoms with Crippen LogP contribution >= 0.6 is 0 Å². The maximum Gasteiger partial charge on any atom is 0.243 e. The van der Waals surface area contributed by atoms with Gasteiger partial charge >= 0.3 is 0 Å². The van der Waals surface area contributed by atoms with Gasteiger partial charge in [0.25, 0.3) is 0 Å². The monoisotopic (exact) mass is 274 g/mol. The molecule has 1 aromatic rings. The Labute approximate surface area is 106 Å². The standard InChI is InChI=1S/C10H18N4O3S/c1-6(2)7(3)10(15)12-9-8(18(11,16)17)5-14(4)13-9/h5-7H,1-4H3,(H2,11,16,17)(H,12,13,15). The van der Waals surface area contributed by atoms with E-state index in [0.717, 1.165) is 0 Å². The highest BCUT2D eigenvalue weighted by molar-refractivity contribution is 7.89. The van der Waals surface area contributed by atoms with Crippen LogP contribution in [0.2, 0.25) is 0 Å². The van der Waals surface area contributed by atoms with Crippen molar-refractivity contribution < 1.29 is 13.2 Å². The average Bonchev–Trinajstić information content (AvgIpc) is 2.57. The van der Waals surface area contributed by atoms with Gasteiger partial charge in [-0.25, -0.2) is 13.6 Å². The summed E-state index contributed by atoms with van der Waals surface area (Å²) in [5.74, 6) is -0.418. The van der Waals surface area contributed by atoms with Crippen molar-refractivity contribution in [3.8, 4) is 0 Å². The average molecular weight is 274 g/mol. The van der Waals surface area contributed by atoms with Gasteiger partial charge in [-0.2, -0.15) is 5.10 Å². The Morgan fingerprint density at radius 2 is 2.00 bits per heavy atom. The van der Waals surface area contributed by atoms with Crippen molar-refractivity contribution in [3.05, 3.63) is 6.20 Å². The number of carbonyl (C=O) groups is 1. The Morgan fingerprint density at radius 1 is 1.44 bits per heavy atom. The molecule has 0 aromatic carbocycles. The first kappa shape index (κ1) is 14.7. The molecule has 8 heteroatoms. The molecule has 1 rings (SSSR count). The first-order valence-corrected chi connectivity index (χ1v) is 7.05. The minimum Gasteiger partial charge on any atom is -0.308 e. The van der Waals surface area contributed by atoms with Gasteiger partial charge in [0.2, 0.25) is 15.9 Å². The summed E-state index contributed by atoms with van der Waals surface area (Å²) in [7, 11) is -2.35. The number of primary sulfonamides is 1. The Balaban J connectivity index is 3.02. The third-order valence-corrected chi connectivity index (χ3v) is 3.67. The van der Waals surface area contributed by atoms with Crippen LogP contribution in [0.25, 0.3) is 0 Å². The lowest BCUT2D eigenvalue weighted by atomic mass is 9.97. The Bertz CT molecular complexity index is 547. The molecule has 18 heavy (non-hydrogen) atoms. The number of aryl methyl sites for hydroxylation is 1. The quantitative estimate of drug-likeness (QED) is 0.823. The fourth-order valence-corrected chi connectivity index (χ4v) is 1.96. The number of aromatic nitrogens is 2. The molecule has 1 unspecified atom stereocenters. The van der Waals surface area contributed by atoms with Crippen LogP contribution in [0.15, 0.2) is 11.1 Å². The van der Waals surface area contributed by atoms with Crippen molar-refractivity contribution in [2.24, 2.45) is 24.0 Å². The fourth-order valence-electron chi connectivity index (χ4n) is 1.29. The third-order valence-electron chi connectivity index (χ3n) is 2.76. The van der Waals surface area contributed by atoms with E-state index in [0.29, 0.717) is 0 Å². The molecule has 1 aromatic heterocycles. The number of nitrogens with one attached hydrogen (secondary N) is 1. The second-order valence-corrected chi connectivity index (χ2v) is 6.11. The molecule has 0 bridgehead atoms. The number of hydrogen-bond donors (Lipinski definition) is 2. The lowest BCUT2D eigenvalue weighted by Gasteiger charge is -2.14. The third kappa shape index (κ3) is 3.30. The molecule has 0 aliphatic heterocycles. The second-order valence-electron chi connectivity index (χ2n) is 4.58. The van der Waals surface area contributed by atoms with Crippen molar-refractivity contribution >= 4 is 21.7 Å². The maximum absolute atomic E-state index is 11.8. The zero-order valence-corrected chi connectivity index (χ0v) is 11.7. The van der Waals surface area contributed by atoms with Crippen LogP contribution in [0, 0.1) is 11.8 Å². The van der Waals surface area contributed by atoms with Gasteiger partial charge in [-0.15, -0.1) is 0 Å². The van der Waals surface area contributed by atoms with Gasteiger partial charge in [-0.05, 0) is 5.92 Å². The molecule has 0 aliphatic rings. The van der Waals surface area contributed by atoms with Crippen LogP contribution in [0.1, 0.15) is 20.8 Å². The largest absolute Gasteiger partial charge is 0.308 e. The van der Waals surface area contributed by atoms with Gasteiger partial charge < -0.3 is 5.32 Å². The summed E-state index contributed by atoms with van der Waals surface area (Å²) in [5, 5.41) is 11.4. The van der Waals surface area contributed by atoms with E-state index < -0.39 is 10.0 Å². The van der Waals surface area contributed by atoms with Crippen LogP contribution < -0.4 is 10.5 Å². The van der Waals surface area contributed by atoms with E-state index in [1.165, 1.54) is 10.9 Å². The highest BCUT2D eigenvalue weighted by atomic mass is 32.2. The molecule has 1 amide bonds. The number of amides is 1. The van der Waals surface area contributed by atoms with Crippen molar-refractivity contribution in [1.29, 1.82) is 0 Å². The summed E-state index contributed by atoms with van der Waals surface area (Å²) >= 11 is 0. The van der Waals surface area contributed by atoms with Gasteiger partial charge in [0.1, 0.15) is 4.90 Å². The number of rotatable bonds is 4. The lowest BCUT2D eigenvalue weighted by molar-refractivity contribution is -0.120. The van der Waals surface area contributed by atoms with Gasteiger partial charge in [-0.1, -0.05) is 20.8 Å². The van der Waals surface area contributed by atoms with E-state index in [2.05, 4.69) is 10.4 Å². The number of anilines is 1. The minimum absolute atomic E-state index is 0.0301. The predicted molar refractivity (Wildman–Crippen MR) is 67.2 cm³/mol. The first-order chi connectivity index (χ1) is 8.12. The normalized spacial score (nSPS) is 13.7. The predicted octanol–water partition coefficient (Wildman–Crippen LogP) is 0.298. The van der Waals surface area contributed by atoms with Crippen LogP contribution in [0.3, 0.4) is 0 Å². The van der Waals surface area contributed by atoms with Crippen molar-refractivity contribution in [3.63, 3.8) is 0 Å². The topological polar surface area (TPSA) is 107 Å².